The molecule has 0 aliphatic rings. The molecule has 1 heterocycles. The Balaban J connectivity index is 0.000000980. The molecule has 4 heteroatoms. The van der Waals surface area contributed by atoms with Crippen LogP contribution in [0.25, 0.3) is 10.1 Å². The normalized spacial score (nSPS) is 9.79. The van der Waals surface area contributed by atoms with Crippen LogP contribution in [-0.2, 0) is 0 Å². The molecular formula is C10H11ClN2S. The Bertz CT molecular complexity index is 476. The number of hydrogen-bond acceptors (Lipinski definition) is 2. The Hall–Kier alpha value is -1.06. The zero-order valence-corrected chi connectivity index (χ0v) is 9.34. The van der Waals surface area contributed by atoms with Crippen LogP contribution in [0.3, 0.4) is 0 Å². The third kappa shape index (κ3) is 1.74. The van der Waals surface area contributed by atoms with Gasteiger partial charge >= 0.3 is 0 Å². The lowest BCUT2D eigenvalue weighted by molar-refractivity contribution is 1.45. The van der Waals surface area contributed by atoms with Crippen LogP contribution in [0, 0.1) is 12.3 Å². The zero-order chi connectivity index (χ0) is 9.42. The average molecular weight is 227 g/mol. The van der Waals surface area contributed by atoms with Crippen LogP contribution in [0.15, 0.2) is 24.3 Å². The molecule has 74 valence electrons. The highest BCUT2D eigenvalue weighted by molar-refractivity contribution is 7.20. The fourth-order valence-electron chi connectivity index (χ4n) is 1.34. The van der Waals surface area contributed by atoms with Crippen molar-refractivity contribution in [1.82, 2.24) is 0 Å². The first-order valence-corrected chi connectivity index (χ1v) is 4.83. The standard InChI is InChI=1S/C10H10N2S.ClH/c1-6-3-2-4-8-7(6)5-9(13-8)10(11)12;/h2-5H,1H3,(H3,11,12);1H. The Morgan fingerprint density at radius 2 is 2.14 bits per heavy atom. The summed E-state index contributed by atoms with van der Waals surface area (Å²) in [6.45, 7) is 2.07. The fraction of sp³-hybridized carbons (Fsp3) is 0.100. The van der Waals surface area contributed by atoms with E-state index in [9.17, 15) is 0 Å². The predicted octanol–water partition coefficient (Wildman–Crippen LogP) is 2.92. The maximum atomic E-state index is 7.33. The van der Waals surface area contributed by atoms with Crippen molar-refractivity contribution in [2.75, 3.05) is 0 Å². The van der Waals surface area contributed by atoms with Crippen LogP contribution in [0.1, 0.15) is 10.4 Å². The maximum absolute atomic E-state index is 7.33. The molecule has 0 spiro atoms. The highest BCUT2D eigenvalue weighted by atomic mass is 35.5. The van der Waals surface area contributed by atoms with Gasteiger partial charge in [0.05, 0.1) is 4.88 Å². The van der Waals surface area contributed by atoms with Crippen LogP contribution < -0.4 is 5.73 Å². The van der Waals surface area contributed by atoms with Gasteiger partial charge in [-0.2, -0.15) is 0 Å². The third-order valence-corrected chi connectivity index (χ3v) is 3.18. The minimum Gasteiger partial charge on any atom is -0.383 e. The molecule has 1 aromatic carbocycles. The van der Waals surface area contributed by atoms with Crippen LogP contribution in [0.5, 0.6) is 0 Å². The number of nitrogen functional groups attached to an aromatic ring is 1. The van der Waals surface area contributed by atoms with Crippen LogP contribution in [0.2, 0.25) is 0 Å². The number of nitrogens with two attached hydrogens (primary N) is 1. The number of halogens is 1. The number of nitrogens with one attached hydrogen (secondary N) is 1. The SMILES string of the molecule is Cc1cccc2sc(C(=N)N)cc12.Cl. The molecule has 3 N–H and O–H groups in total. The Labute approximate surface area is 92.7 Å². The Kier molecular flexibility index (Phi) is 3.13. The van der Waals surface area contributed by atoms with E-state index in [0.29, 0.717) is 0 Å². The summed E-state index contributed by atoms with van der Waals surface area (Å²) in [5, 5.41) is 8.53. The van der Waals surface area contributed by atoms with Gasteiger partial charge in [-0.3, -0.25) is 5.41 Å². The first kappa shape index (κ1) is 11.0. The molecule has 0 aliphatic carbocycles. The maximum Gasteiger partial charge on any atom is 0.133 e. The Morgan fingerprint density at radius 3 is 2.71 bits per heavy atom. The number of hydrogen-bond donors (Lipinski definition) is 2. The van der Waals surface area contributed by atoms with E-state index in [1.807, 2.05) is 12.1 Å². The van der Waals surface area contributed by atoms with Crippen molar-refractivity contribution >= 4 is 39.7 Å². The van der Waals surface area contributed by atoms with Gasteiger partial charge < -0.3 is 5.73 Å². The highest BCUT2D eigenvalue weighted by Crippen LogP contribution is 2.27. The molecule has 14 heavy (non-hydrogen) atoms. The smallest absolute Gasteiger partial charge is 0.133 e. The van der Waals surface area contributed by atoms with Gasteiger partial charge in [-0.1, -0.05) is 12.1 Å². The zero-order valence-electron chi connectivity index (χ0n) is 7.70. The number of benzene rings is 1. The lowest BCUT2D eigenvalue weighted by Crippen LogP contribution is -2.08. The monoisotopic (exact) mass is 226 g/mol. The van der Waals surface area contributed by atoms with Crippen molar-refractivity contribution in [2.24, 2.45) is 5.73 Å². The van der Waals surface area contributed by atoms with E-state index in [0.717, 1.165) is 4.88 Å². The van der Waals surface area contributed by atoms with E-state index in [1.54, 1.807) is 11.3 Å². The van der Waals surface area contributed by atoms with E-state index < -0.39 is 0 Å². The van der Waals surface area contributed by atoms with Crippen molar-refractivity contribution in [3.63, 3.8) is 0 Å². The van der Waals surface area contributed by atoms with E-state index in [-0.39, 0.29) is 18.2 Å². The van der Waals surface area contributed by atoms with Crippen molar-refractivity contribution in [2.45, 2.75) is 6.92 Å². The molecule has 0 amide bonds. The molecule has 0 atom stereocenters. The Morgan fingerprint density at radius 1 is 1.43 bits per heavy atom. The highest BCUT2D eigenvalue weighted by Gasteiger charge is 2.04. The van der Waals surface area contributed by atoms with Crippen molar-refractivity contribution < 1.29 is 0 Å². The van der Waals surface area contributed by atoms with Gasteiger partial charge in [0.2, 0.25) is 0 Å². The van der Waals surface area contributed by atoms with Crippen LogP contribution in [0.4, 0.5) is 0 Å². The molecule has 0 bridgehead atoms. The van der Waals surface area contributed by atoms with Crippen molar-refractivity contribution in [3.05, 3.63) is 34.7 Å². The summed E-state index contributed by atoms with van der Waals surface area (Å²) in [6.07, 6.45) is 0. The summed E-state index contributed by atoms with van der Waals surface area (Å²) in [7, 11) is 0. The van der Waals surface area contributed by atoms with Crippen molar-refractivity contribution in [1.29, 1.82) is 5.41 Å². The molecule has 0 radical (unpaired) electrons. The average Bonchev–Trinajstić information content (AvgIpc) is 2.49. The quantitative estimate of drug-likeness (QED) is 0.570. The second-order valence-corrected chi connectivity index (χ2v) is 4.09. The van der Waals surface area contributed by atoms with Gasteiger partial charge in [0.25, 0.3) is 0 Å². The number of rotatable bonds is 1. The molecule has 0 saturated heterocycles. The summed E-state index contributed by atoms with van der Waals surface area (Å²) in [5.41, 5.74) is 6.66. The number of amidine groups is 1. The van der Waals surface area contributed by atoms with Gasteiger partial charge in [-0.25, -0.2) is 0 Å². The summed E-state index contributed by atoms with van der Waals surface area (Å²) < 4.78 is 1.20. The minimum atomic E-state index is 0. The molecule has 1 aromatic heterocycles. The van der Waals surface area contributed by atoms with E-state index >= 15 is 0 Å². The van der Waals surface area contributed by atoms with E-state index in [2.05, 4.69) is 19.1 Å². The molecular weight excluding hydrogens is 216 g/mol. The number of aryl methyl sites for hydroxylation is 1. The molecule has 2 nitrogen and oxygen atoms in total. The largest absolute Gasteiger partial charge is 0.383 e. The van der Waals surface area contributed by atoms with Gasteiger partial charge in [0.1, 0.15) is 5.84 Å². The number of thiophene rings is 1. The van der Waals surface area contributed by atoms with Crippen LogP contribution in [-0.4, -0.2) is 5.84 Å². The second-order valence-electron chi connectivity index (χ2n) is 3.01. The molecule has 0 saturated carbocycles. The lowest BCUT2D eigenvalue weighted by atomic mass is 10.1. The van der Waals surface area contributed by atoms with Gasteiger partial charge in [0, 0.05) is 4.70 Å². The first-order valence-electron chi connectivity index (χ1n) is 4.02. The first-order chi connectivity index (χ1) is 6.18. The molecule has 2 aromatic rings. The molecule has 0 aliphatic heterocycles. The fourth-order valence-corrected chi connectivity index (χ4v) is 2.34. The number of fused-ring (bicyclic) bond motifs is 1. The van der Waals surface area contributed by atoms with Crippen LogP contribution >= 0.6 is 23.7 Å². The molecule has 0 unspecified atom stereocenters. The topological polar surface area (TPSA) is 49.9 Å². The van der Waals surface area contributed by atoms with Crippen molar-refractivity contribution in [3.8, 4) is 0 Å². The summed E-state index contributed by atoms with van der Waals surface area (Å²) in [4.78, 5) is 0.851. The summed E-state index contributed by atoms with van der Waals surface area (Å²) >= 11 is 1.57. The van der Waals surface area contributed by atoms with Gasteiger partial charge in [-0.15, -0.1) is 23.7 Å². The van der Waals surface area contributed by atoms with E-state index in [4.69, 9.17) is 11.1 Å². The minimum absolute atomic E-state index is 0. The second kappa shape index (κ2) is 3.98. The van der Waals surface area contributed by atoms with E-state index in [1.165, 1.54) is 15.6 Å². The summed E-state index contributed by atoms with van der Waals surface area (Å²) in [6, 6.07) is 8.13. The summed E-state index contributed by atoms with van der Waals surface area (Å²) in [5.74, 6) is 0.153. The third-order valence-electron chi connectivity index (χ3n) is 2.04. The van der Waals surface area contributed by atoms with Gasteiger partial charge in [-0.05, 0) is 30.0 Å². The molecule has 0 fully saturated rings. The van der Waals surface area contributed by atoms with Gasteiger partial charge in [0.15, 0.2) is 0 Å². The predicted molar refractivity (Wildman–Crippen MR) is 64.8 cm³/mol. The lowest BCUT2D eigenvalue weighted by Gasteiger charge is -1.91. The molecule has 2 rings (SSSR count).